The molecule has 0 aromatic carbocycles. The van der Waals surface area contributed by atoms with Crippen LogP contribution in [0.2, 0.25) is 0 Å². The molecule has 4 fully saturated rings. The van der Waals surface area contributed by atoms with Crippen molar-refractivity contribution in [2.45, 2.75) is 62.2 Å². The molecule has 3 saturated carbocycles. The fraction of sp³-hybridized carbons (Fsp3) is 0.857. The van der Waals surface area contributed by atoms with E-state index >= 15 is 0 Å². The third-order valence-electron chi connectivity index (χ3n) is 7.61. The van der Waals surface area contributed by atoms with E-state index in [4.69, 9.17) is 4.74 Å². The van der Waals surface area contributed by atoms with Gasteiger partial charge in [0.05, 0.1) is 11.8 Å². The number of ether oxygens (including phenoxy) is 1. The normalized spacial score (nSPS) is 45.1. The van der Waals surface area contributed by atoms with Crippen LogP contribution in [0.25, 0.3) is 0 Å². The van der Waals surface area contributed by atoms with Gasteiger partial charge in [-0.1, -0.05) is 59.1 Å². The lowest BCUT2D eigenvalue weighted by Gasteiger charge is -2.36. The molecule has 4 rings (SSSR count). The second-order valence-electron chi connectivity index (χ2n) is 9.62. The number of hydrogen-bond donors (Lipinski definition) is 0. The van der Waals surface area contributed by atoms with Crippen LogP contribution in [-0.4, -0.2) is 45.0 Å². The van der Waals surface area contributed by atoms with Crippen LogP contribution in [0.5, 0.6) is 0 Å². The molecule has 3 aliphatic carbocycles. The fourth-order valence-corrected chi connectivity index (χ4v) is 8.03. The van der Waals surface area contributed by atoms with E-state index in [0.717, 1.165) is 25.7 Å². The van der Waals surface area contributed by atoms with E-state index < -0.39 is 5.97 Å². The first-order chi connectivity index (χ1) is 13.2. The molecular formula is C21H29Br2NO4. The van der Waals surface area contributed by atoms with Gasteiger partial charge in [-0.25, -0.2) is 0 Å². The Morgan fingerprint density at radius 3 is 2.18 bits per heavy atom. The number of halogens is 2. The SMILES string of the molecule is CC(C)[C@@H]1CC[C@@H](C)C[C@H]1OC(=O)CN1C(=O)[C@@H]2[C@@H]3C[C@@H]([C@H](Br)[C@@H]3Br)[C@@H]2C1=O. The molecule has 0 unspecified atom stereocenters. The monoisotopic (exact) mass is 517 g/mol. The lowest BCUT2D eigenvalue weighted by atomic mass is 9.75. The van der Waals surface area contributed by atoms with Gasteiger partial charge in [0.15, 0.2) is 0 Å². The fourth-order valence-electron chi connectivity index (χ4n) is 6.15. The number of imide groups is 1. The van der Waals surface area contributed by atoms with Crippen molar-refractivity contribution in [2.24, 2.45) is 41.4 Å². The number of fused-ring (bicyclic) bond motifs is 5. The molecule has 1 aliphatic heterocycles. The summed E-state index contributed by atoms with van der Waals surface area (Å²) < 4.78 is 5.82. The maximum Gasteiger partial charge on any atom is 0.326 e. The van der Waals surface area contributed by atoms with Crippen LogP contribution in [0.1, 0.15) is 46.5 Å². The Morgan fingerprint density at radius 1 is 1.07 bits per heavy atom. The lowest BCUT2D eigenvalue weighted by Crippen LogP contribution is -2.41. The van der Waals surface area contributed by atoms with Crippen LogP contribution in [0.3, 0.4) is 0 Å². The molecule has 9 atom stereocenters. The van der Waals surface area contributed by atoms with Crippen LogP contribution in [0.4, 0.5) is 0 Å². The molecule has 1 saturated heterocycles. The summed E-state index contributed by atoms with van der Waals surface area (Å²) in [5, 5.41) is 0. The van der Waals surface area contributed by atoms with E-state index in [1.54, 1.807) is 0 Å². The first kappa shape index (κ1) is 20.8. The highest BCUT2D eigenvalue weighted by atomic mass is 79.9. The predicted octanol–water partition coefficient (Wildman–Crippen LogP) is 3.77. The Hall–Kier alpha value is -0.430. The minimum Gasteiger partial charge on any atom is -0.461 e. The third-order valence-corrected chi connectivity index (χ3v) is 10.8. The van der Waals surface area contributed by atoms with E-state index in [2.05, 4.69) is 52.6 Å². The number of amides is 2. The molecule has 2 amide bonds. The number of nitrogens with zero attached hydrogens (tertiary/aromatic N) is 1. The van der Waals surface area contributed by atoms with Gasteiger partial charge in [-0.3, -0.25) is 19.3 Å². The van der Waals surface area contributed by atoms with Gasteiger partial charge >= 0.3 is 5.97 Å². The molecular weight excluding hydrogens is 490 g/mol. The molecule has 28 heavy (non-hydrogen) atoms. The van der Waals surface area contributed by atoms with Gasteiger partial charge in [0, 0.05) is 9.65 Å². The minimum absolute atomic E-state index is 0.112. The summed E-state index contributed by atoms with van der Waals surface area (Å²) in [6.07, 6.45) is 3.87. The summed E-state index contributed by atoms with van der Waals surface area (Å²) in [7, 11) is 0. The van der Waals surface area contributed by atoms with E-state index in [1.165, 1.54) is 4.90 Å². The summed E-state index contributed by atoms with van der Waals surface area (Å²) in [5.41, 5.74) is 0. The maximum absolute atomic E-state index is 13.0. The lowest BCUT2D eigenvalue weighted by molar-refractivity contribution is -0.162. The highest BCUT2D eigenvalue weighted by Crippen LogP contribution is 2.60. The average molecular weight is 519 g/mol. The van der Waals surface area contributed by atoms with Crippen molar-refractivity contribution >= 4 is 49.6 Å². The Balaban J connectivity index is 1.43. The number of carbonyl (C=O) groups is 3. The molecule has 0 spiro atoms. The summed E-state index contributed by atoms with van der Waals surface area (Å²) in [5.74, 6) is 0.312. The Kier molecular flexibility index (Phi) is 5.71. The van der Waals surface area contributed by atoms with E-state index in [9.17, 15) is 14.4 Å². The molecule has 2 bridgehead atoms. The second-order valence-corrected chi connectivity index (χ2v) is 11.7. The third kappa shape index (κ3) is 3.28. The predicted molar refractivity (Wildman–Crippen MR) is 112 cm³/mol. The number of carbonyl (C=O) groups excluding carboxylic acids is 3. The van der Waals surface area contributed by atoms with E-state index in [0.29, 0.717) is 17.8 Å². The number of alkyl halides is 2. The highest BCUT2D eigenvalue weighted by Gasteiger charge is 2.66. The first-order valence-corrected chi connectivity index (χ1v) is 12.4. The van der Waals surface area contributed by atoms with Crippen LogP contribution < -0.4 is 0 Å². The van der Waals surface area contributed by atoms with Crippen LogP contribution in [0.15, 0.2) is 0 Å². The summed E-state index contributed by atoms with van der Waals surface area (Å²) in [6.45, 7) is 6.29. The molecule has 7 heteroatoms. The molecule has 0 N–H and O–H groups in total. The smallest absolute Gasteiger partial charge is 0.326 e. The van der Waals surface area contributed by atoms with Crippen LogP contribution in [-0.2, 0) is 19.1 Å². The molecule has 0 aromatic heterocycles. The molecule has 156 valence electrons. The number of esters is 1. The van der Waals surface area contributed by atoms with Crippen molar-refractivity contribution in [2.75, 3.05) is 6.54 Å². The van der Waals surface area contributed by atoms with E-state index in [1.807, 2.05) is 0 Å². The minimum atomic E-state index is -0.440. The number of rotatable bonds is 4. The summed E-state index contributed by atoms with van der Waals surface area (Å²) in [6, 6.07) is 0. The first-order valence-electron chi connectivity index (χ1n) is 10.5. The van der Waals surface area contributed by atoms with E-state index in [-0.39, 0.29) is 57.8 Å². The van der Waals surface area contributed by atoms with Gasteiger partial charge in [-0.2, -0.15) is 0 Å². The molecule has 1 heterocycles. The molecule has 0 aromatic rings. The van der Waals surface area contributed by atoms with Gasteiger partial charge in [-0.05, 0) is 48.9 Å². The van der Waals surface area contributed by atoms with Crippen molar-refractivity contribution in [1.82, 2.24) is 4.90 Å². The Bertz CT molecular complexity index is 651. The van der Waals surface area contributed by atoms with Gasteiger partial charge in [-0.15, -0.1) is 0 Å². The standard InChI is InChI=1S/C21H29Br2NO4/c1-9(2)11-5-4-10(3)6-14(11)28-15(25)8-24-20(26)16-12-7-13(17(16)21(24)27)19(23)18(12)22/h9-14,16-19H,4-8H2,1-3H3/t10-,11+,12-,13+,14-,16+,17-,18+,19-/m1/s1. The van der Waals surface area contributed by atoms with Gasteiger partial charge in [0.2, 0.25) is 11.8 Å². The van der Waals surface area contributed by atoms with Gasteiger partial charge < -0.3 is 4.74 Å². The Morgan fingerprint density at radius 2 is 1.64 bits per heavy atom. The van der Waals surface area contributed by atoms with Crippen LogP contribution in [0, 0.1) is 41.4 Å². The summed E-state index contributed by atoms with van der Waals surface area (Å²) in [4.78, 5) is 40.2. The highest BCUT2D eigenvalue weighted by molar-refractivity contribution is 9.12. The average Bonchev–Trinajstić information content (AvgIpc) is 3.22. The topological polar surface area (TPSA) is 63.7 Å². The number of hydrogen-bond acceptors (Lipinski definition) is 4. The van der Waals surface area contributed by atoms with Gasteiger partial charge in [0.1, 0.15) is 12.6 Å². The summed E-state index contributed by atoms with van der Waals surface area (Å²) >= 11 is 7.37. The van der Waals surface area contributed by atoms with Crippen molar-refractivity contribution in [3.8, 4) is 0 Å². The van der Waals surface area contributed by atoms with Crippen molar-refractivity contribution in [3.05, 3.63) is 0 Å². The zero-order valence-electron chi connectivity index (χ0n) is 16.6. The number of likely N-dealkylation sites (tertiary alicyclic amines) is 1. The Labute approximate surface area is 183 Å². The van der Waals surface area contributed by atoms with Gasteiger partial charge in [0.25, 0.3) is 0 Å². The molecule has 0 radical (unpaired) electrons. The quantitative estimate of drug-likeness (QED) is 0.323. The zero-order valence-corrected chi connectivity index (χ0v) is 19.8. The molecule has 4 aliphatic rings. The van der Waals surface area contributed by atoms with Crippen molar-refractivity contribution < 1.29 is 19.1 Å². The maximum atomic E-state index is 13.0. The second kappa shape index (κ2) is 7.68. The van der Waals surface area contributed by atoms with Crippen molar-refractivity contribution in [1.29, 1.82) is 0 Å². The van der Waals surface area contributed by atoms with Crippen LogP contribution >= 0.6 is 31.9 Å². The van der Waals surface area contributed by atoms with Crippen molar-refractivity contribution in [3.63, 3.8) is 0 Å². The molecule has 5 nitrogen and oxygen atoms in total. The largest absolute Gasteiger partial charge is 0.461 e. The zero-order chi connectivity index (χ0) is 20.3.